The molecule has 3 N–H and O–H groups in total. The van der Waals surface area contributed by atoms with E-state index in [0.717, 1.165) is 17.1 Å². The van der Waals surface area contributed by atoms with E-state index >= 15 is 0 Å². The lowest BCUT2D eigenvalue weighted by molar-refractivity contribution is 0.281. The predicted octanol–water partition coefficient (Wildman–Crippen LogP) is 2.51. The first-order chi connectivity index (χ1) is 8.54. The van der Waals surface area contributed by atoms with Crippen LogP contribution in [0.4, 0.5) is 5.69 Å². The number of phenols is 1. The summed E-state index contributed by atoms with van der Waals surface area (Å²) in [5, 5.41) is 9.75. The molecule has 2 aromatic rings. The van der Waals surface area contributed by atoms with Gasteiger partial charge in [0, 0.05) is 17.8 Å². The lowest BCUT2D eigenvalue weighted by Crippen LogP contribution is -2.17. The number of hydrogen-bond donors (Lipinski definition) is 2. The zero-order valence-electron chi connectivity index (χ0n) is 10.7. The van der Waals surface area contributed by atoms with Crippen LogP contribution in [0.15, 0.2) is 34.7 Å². The van der Waals surface area contributed by atoms with Gasteiger partial charge in [0.05, 0.1) is 6.54 Å². The fourth-order valence-electron chi connectivity index (χ4n) is 1.91. The van der Waals surface area contributed by atoms with E-state index in [2.05, 4.69) is 4.90 Å². The molecule has 18 heavy (non-hydrogen) atoms. The van der Waals surface area contributed by atoms with Crippen LogP contribution in [0, 0.1) is 6.92 Å². The second-order valence-corrected chi connectivity index (χ2v) is 4.57. The highest BCUT2D eigenvalue weighted by Crippen LogP contribution is 2.21. The van der Waals surface area contributed by atoms with Crippen LogP contribution in [0.25, 0.3) is 0 Å². The van der Waals surface area contributed by atoms with E-state index in [1.807, 2.05) is 26.1 Å². The van der Waals surface area contributed by atoms with Gasteiger partial charge in [0.25, 0.3) is 0 Å². The second kappa shape index (κ2) is 5.14. The van der Waals surface area contributed by atoms with Gasteiger partial charge >= 0.3 is 0 Å². The fourth-order valence-corrected chi connectivity index (χ4v) is 1.91. The summed E-state index contributed by atoms with van der Waals surface area (Å²) in [6, 6.07) is 9.01. The molecule has 0 fully saturated rings. The van der Waals surface area contributed by atoms with E-state index in [9.17, 15) is 5.11 Å². The number of hydrogen-bond acceptors (Lipinski definition) is 4. The van der Waals surface area contributed by atoms with Gasteiger partial charge < -0.3 is 15.3 Å². The first-order valence-corrected chi connectivity index (χ1v) is 5.86. The van der Waals surface area contributed by atoms with Gasteiger partial charge in [0.1, 0.15) is 17.3 Å². The number of phenolic OH excluding ortho intramolecular Hbond substituents is 1. The molecule has 1 heterocycles. The minimum atomic E-state index is 0.270. The molecule has 0 radical (unpaired) electrons. The molecule has 4 nitrogen and oxygen atoms in total. The first kappa shape index (κ1) is 12.5. The summed E-state index contributed by atoms with van der Waals surface area (Å²) in [5.74, 6) is 2.09. The summed E-state index contributed by atoms with van der Waals surface area (Å²) in [6.45, 7) is 3.24. The quantitative estimate of drug-likeness (QED) is 0.642. The standard InChI is InChI=1S/C14H18N2O2/c1-10-3-5-13(18-10)9-16(2)8-11-7-12(15)4-6-14(11)17/h3-7,17H,8-9,15H2,1-2H3. The second-order valence-electron chi connectivity index (χ2n) is 4.57. The lowest BCUT2D eigenvalue weighted by Gasteiger charge is -2.16. The maximum absolute atomic E-state index is 9.75. The van der Waals surface area contributed by atoms with E-state index in [0.29, 0.717) is 18.8 Å². The Morgan fingerprint density at radius 3 is 2.67 bits per heavy atom. The highest BCUT2D eigenvalue weighted by atomic mass is 16.3. The van der Waals surface area contributed by atoms with E-state index < -0.39 is 0 Å². The largest absolute Gasteiger partial charge is 0.508 e. The number of nitrogen functional groups attached to an aromatic ring is 1. The zero-order valence-corrected chi connectivity index (χ0v) is 10.7. The number of benzene rings is 1. The number of aromatic hydroxyl groups is 1. The molecule has 0 bridgehead atoms. The zero-order chi connectivity index (χ0) is 13.1. The van der Waals surface area contributed by atoms with Gasteiger partial charge in [0.15, 0.2) is 0 Å². The number of nitrogens with zero attached hydrogens (tertiary/aromatic N) is 1. The Balaban J connectivity index is 2.02. The summed E-state index contributed by atoms with van der Waals surface area (Å²) in [7, 11) is 1.97. The molecule has 0 aliphatic heterocycles. The third kappa shape index (κ3) is 3.05. The number of rotatable bonds is 4. The van der Waals surface area contributed by atoms with E-state index in [1.165, 1.54) is 0 Å². The molecule has 0 spiro atoms. The average Bonchev–Trinajstić information content (AvgIpc) is 2.69. The highest BCUT2D eigenvalue weighted by Gasteiger charge is 2.08. The van der Waals surface area contributed by atoms with Crippen molar-refractivity contribution in [3.63, 3.8) is 0 Å². The number of nitrogens with two attached hydrogens (primary N) is 1. The molecule has 1 aromatic carbocycles. The summed E-state index contributed by atoms with van der Waals surface area (Å²) in [5.41, 5.74) is 7.19. The molecule has 0 atom stereocenters. The highest BCUT2D eigenvalue weighted by molar-refractivity contribution is 5.47. The molecule has 0 amide bonds. The van der Waals surface area contributed by atoms with Crippen molar-refractivity contribution in [2.45, 2.75) is 20.0 Å². The topological polar surface area (TPSA) is 62.6 Å². The maximum atomic E-state index is 9.75. The van der Waals surface area contributed by atoms with Gasteiger partial charge in [-0.1, -0.05) is 0 Å². The van der Waals surface area contributed by atoms with Gasteiger partial charge in [-0.05, 0) is 44.3 Å². The summed E-state index contributed by atoms with van der Waals surface area (Å²) in [6.07, 6.45) is 0. The molecule has 0 aliphatic carbocycles. The summed E-state index contributed by atoms with van der Waals surface area (Å²) in [4.78, 5) is 2.06. The molecule has 4 heteroatoms. The Kier molecular flexibility index (Phi) is 3.58. The molecule has 96 valence electrons. The number of aryl methyl sites for hydroxylation is 1. The van der Waals surface area contributed by atoms with E-state index in [-0.39, 0.29) is 5.75 Å². The third-order valence-electron chi connectivity index (χ3n) is 2.77. The van der Waals surface area contributed by atoms with Crippen LogP contribution in [-0.4, -0.2) is 17.1 Å². The van der Waals surface area contributed by atoms with E-state index in [1.54, 1.807) is 18.2 Å². The monoisotopic (exact) mass is 246 g/mol. The van der Waals surface area contributed by atoms with E-state index in [4.69, 9.17) is 10.2 Å². The minimum absolute atomic E-state index is 0.270. The Labute approximate surface area is 107 Å². The van der Waals surface area contributed by atoms with Crippen molar-refractivity contribution in [3.05, 3.63) is 47.4 Å². The molecule has 0 saturated heterocycles. The van der Waals surface area contributed by atoms with Crippen LogP contribution in [0.1, 0.15) is 17.1 Å². The smallest absolute Gasteiger partial charge is 0.120 e. The molecule has 0 unspecified atom stereocenters. The van der Waals surface area contributed by atoms with Crippen LogP contribution in [0.5, 0.6) is 5.75 Å². The SMILES string of the molecule is Cc1ccc(CN(C)Cc2cc(N)ccc2O)o1. The van der Waals surface area contributed by atoms with Gasteiger partial charge in [0.2, 0.25) is 0 Å². The van der Waals surface area contributed by atoms with Crippen LogP contribution < -0.4 is 5.73 Å². The van der Waals surface area contributed by atoms with Crippen molar-refractivity contribution >= 4 is 5.69 Å². The van der Waals surface area contributed by atoms with Crippen LogP contribution >= 0.6 is 0 Å². The van der Waals surface area contributed by atoms with Crippen molar-refractivity contribution in [2.24, 2.45) is 0 Å². The van der Waals surface area contributed by atoms with Crippen molar-refractivity contribution in [1.29, 1.82) is 0 Å². The minimum Gasteiger partial charge on any atom is -0.508 e. The predicted molar refractivity (Wildman–Crippen MR) is 71.1 cm³/mol. The van der Waals surface area contributed by atoms with Gasteiger partial charge in [-0.3, -0.25) is 4.90 Å². The molecule has 1 aromatic heterocycles. The van der Waals surface area contributed by atoms with Crippen molar-refractivity contribution in [2.75, 3.05) is 12.8 Å². The maximum Gasteiger partial charge on any atom is 0.120 e. The van der Waals surface area contributed by atoms with Gasteiger partial charge in [-0.25, -0.2) is 0 Å². The van der Waals surface area contributed by atoms with Crippen LogP contribution in [0.3, 0.4) is 0 Å². The Hall–Kier alpha value is -1.94. The average molecular weight is 246 g/mol. The molecule has 0 aliphatic rings. The summed E-state index contributed by atoms with van der Waals surface area (Å²) < 4.78 is 5.52. The Bertz CT molecular complexity index is 534. The molecule has 2 rings (SSSR count). The van der Waals surface area contributed by atoms with Gasteiger partial charge in [-0.2, -0.15) is 0 Å². The first-order valence-electron chi connectivity index (χ1n) is 5.86. The Morgan fingerprint density at radius 2 is 2.00 bits per heavy atom. The number of anilines is 1. The lowest BCUT2D eigenvalue weighted by atomic mass is 10.1. The molecule has 0 saturated carbocycles. The number of furan rings is 1. The van der Waals surface area contributed by atoms with Crippen molar-refractivity contribution < 1.29 is 9.52 Å². The summed E-state index contributed by atoms with van der Waals surface area (Å²) >= 11 is 0. The van der Waals surface area contributed by atoms with Crippen molar-refractivity contribution in [1.82, 2.24) is 4.90 Å². The fraction of sp³-hybridized carbons (Fsp3) is 0.286. The van der Waals surface area contributed by atoms with Crippen LogP contribution in [0.2, 0.25) is 0 Å². The third-order valence-corrected chi connectivity index (χ3v) is 2.77. The van der Waals surface area contributed by atoms with Crippen LogP contribution in [-0.2, 0) is 13.1 Å². The Morgan fingerprint density at radius 1 is 1.22 bits per heavy atom. The van der Waals surface area contributed by atoms with Crippen molar-refractivity contribution in [3.8, 4) is 5.75 Å². The molecular weight excluding hydrogens is 228 g/mol. The van der Waals surface area contributed by atoms with Gasteiger partial charge in [-0.15, -0.1) is 0 Å². The normalized spacial score (nSPS) is 11.1. The molecular formula is C14H18N2O2.